The summed E-state index contributed by atoms with van der Waals surface area (Å²) in [5.41, 5.74) is 1.31. The molecule has 0 saturated carbocycles. The maximum Gasteiger partial charge on any atom is 0.262 e. The molecule has 1 amide bonds. The van der Waals surface area contributed by atoms with Crippen molar-refractivity contribution in [1.29, 1.82) is 5.26 Å². The van der Waals surface area contributed by atoms with Gasteiger partial charge in [0.05, 0.1) is 25.8 Å². The number of amides is 1. The van der Waals surface area contributed by atoms with Crippen molar-refractivity contribution >= 4 is 43.8 Å². The molecule has 0 aliphatic heterocycles. The number of halogens is 2. The van der Waals surface area contributed by atoms with Crippen LogP contribution in [0.25, 0.3) is 6.08 Å². The molecule has 0 atom stereocenters. The summed E-state index contributed by atoms with van der Waals surface area (Å²) in [6, 6.07) is 10.8. The van der Waals surface area contributed by atoms with Gasteiger partial charge >= 0.3 is 0 Å². The van der Waals surface area contributed by atoms with Crippen molar-refractivity contribution in [3.63, 3.8) is 0 Å². The van der Waals surface area contributed by atoms with Crippen LogP contribution >= 0.6 is 31.9 Å². The monoisotopic (exact) mass is 508 g/mol. The summed E-state index contributed by atoms with van der Waals surface area (Å²) in [4.78, 5) is 12.5. The lowest BCUT2D eigenvalue weighted by atomic mass is 10.1. The van der Waals surface area contributed by atoms with Gasteiger partial charge in [0.2, 0.25) is 0 Å². The highest BCUT2D eigenvalue weighted by Crippen LogP contribution is 2.34. The Morgan fingerprint density at radius 2 is 1.89 bits per heavy atom. The molecule has 0 heterocycles. The van der Waals surface area contributed by atoms with Crippen LogP contribution in [0.1, 0.15) is 11.1 Å². The summed E-state index contributed by atoms with van der Waals surface area (Å²) in [7, 11) is 4.63. The van der Waals surface area contributed by atoms with Gasteiger partial charge in [0.15, 0.2) is 0 Å². The molecule has 0 bridgehead atoms. The van der Waals surface area contributed by atoms with Gasteiger partial charge in [-0.3, -0.25) is 4.79 Å². The minimum atomic E-state index is -0.501. The van der Waals surface area contributed by atoms with Gasteiger partial charge < -0.3 is 19.5 Å². The molecule has 8 heteroatoms. The number of carbonyl (C=O) groups excluding carboxylic acids is 1. The van der Waals surface area contributed by atoms with Crippen molar-refractivity contribution in [3.8, 4) is 23.3 Å². The van der Waals surface area contributed by atoms with E-state index < -0.39 is 5.91 Å². The van der Waals surface area contributed by atoms with Crippen LogP contribution in [0.2, 0.25) is 0 Å². The Hall–Kier alpha value is -2.50. The molecule has 0 aliphatic carbocycles. The Morgan fingerprint density at radius 3 is 2.50 bits per heavy atom. The van der Waals surface area contributed by atoms with Crippen molar-refractivity contribution in [2.45, 2.75) is 6.54 Å². The van der Waals surface area contributed by atoms with Crippen molar-refractivity contribution in [2.75, 3.05) is 21.3 Å². The van der Waals surface area contributed by atoms with Gasteiger partial charge in [0, 0.05) is 28.2 Å². The van der Waals surface area contributed by atoms with E-state index in [4.69, 9.17) is 14.2 Å². The van der Waals surface area contributed by atoms with Crippen LogP contribution in [0.5, 0.6) is 17.2 Å². The molecule has 6 nitrogen and oxygen atoms in total. The number of nitrogens with zero attached hydrogens (tertiary/aromatic N) is 1. The van der Waals surface area contributed by atoms with Crippen molar-refractivity contribution in [1.82, 2.24) is 5.32 Å². The van der Waals surface area contributed by atoms with E-state index >= 15 is 0 Å². The van der Waals surface area contributed by atoms with Crippen LogP contribution < -0.4 is 19.5 Å². The Morgan fingerprint density at radius 1 is 1.14 bits per heavy atom. The second-order valence-electron chi connectivity index (χ2n) is 5.54. The van der Waals surface area contributed by atoms with Gasteiger partial charge in [0.1, 0.15) is 28.9 Å². The van der Waals surface area contributed by atoms with E-state index in [1.807, 2.05) is 12.1 Å². The summed E-state index contributed by atoms with van der Waals surface area (Å²) >= 11 is 6.80. The number of methoxy groups -OCH3 is 3. The molecular weight excluding hydrogens is 492 g/mol. The van der Waals surface area contributed by atoms with E-state index in [0.29, 0.717) is 27.3 Å². The lowest BCUT2D eigenvalue weighted by Gasteiger charge is -2.12. The lowest BCUT2D eigenvalue weighted by Crippen LogP contribution is -2.24. The van der Waals surface area contributed by atoms with Crippen LogP contribution in [0, 0.1) is 11.3 Å². The van der Waals surface area contributed by atoms with Gasteiger partial charge in [-0.15, -0.1) is 0 Å². The van der Waals surface area contributed by atoms with Gasteiger partial charge in [-0.1, -0.05) is 15.9 Å². The van der Waals surface area contributed by atoms with Gasteiger partial charge in [-0.05, 0) is 46.3 Å². The van der Waals surface area contributed by atoms with E-state index in [2.05, 4.69) is 37.2 Å². The average molecular weight is 510 g/mol. The first-order valence-corrected chi connectivity index (χ1v) is 9.66. The number of rotatable bonds is 7. The number of ether oxygens (including phenoxy) is 3. The summed E-state index contributed by atoms with van der Waals surface area (Å²) in [5, 5.41) is 12.2. The highest BCUT2D eigenvalue weighted by Gasteiger charge is 2.14. The van der Waals surface area contributed by atoms with Crippen LogP contribution in [0.15, 0.2) is 44.9 Å². The molecule has 2 rings (SSSR count). The second-order valence-corrected chi connectivity index (χ2v) is 7.31. The van der Waals surface area contributed by atoms with Crippen LogP contribution in [0.4, 0.5) is 0 Å². The molecule has 0 fully saturated rings. The molecule has 0 spiro atoms. The number of carbonyl (C=O) groups is 1. The van der Waals surface area contributed by atoms with Crippen LogP contribution in [-0.2, 0) is 11.3 Å². The first-order valence-electron chi connectivity index (χ1n) is 8.07. The van der Waals surface area contributed by atoms with Crippen LogP contribution in [-0.4, -0.2) is 27.2 Å². The second kappa shape index (κ2) is 10.2. The van der Waals surface area contributed by atoms with Crippen LogP contribution in [0.3, 0.4) is 0 Å². The Balaban J connectivity index is 2.24. The predicted octanol–water partition coefficient (Wildman–Crippen LogP) is 4.46. The first kappa shape index (κ1) is 21.8. The molecule has 0 aromatic heterocycles. The quantitative estimate of drug-likeness (QED) is 0.440. The molecule has 2 aromatic rings. The minimum absolute atomic E-state index is 0.0456. The smallest absolute Gasteiger partial charge is 0.262 e. The number of benzene rings is 2. The SMILES string of the molecule is COc1ccc(CNC(=O)/C(C#N)=C/c2cc(Br)cc(Br)c2OC)c(OC)c1. The topological polar surface area (TPSA) is 80.6 Å². The highest BCUT2D eigenvalue weighted by atomic mass is 79.9. The molecule has 0 saturated heterocycles. The molecule has 2 aromatic carbocycles. The lowest BCUT2D eigenvalue weighted by molar-refractivity contribution is -0.117. The standard InChI is InChI=1S/C20H18Br2N2O4/c1-26-16-5-4-12(18(9-16)27-2)11-24-20(25)14(10-23)6-13-7-15(21)8-17(22)19(13)28-3/h4-9H,11H2,1-3H3,(H,24,25)/b14-6+. The van der Waals surface area contributed by atoms with Gasteiger partial charge in [0.25, 0.3) is 5.91 Å². The van der Waals surface area contributed by atoms with Crippen molar-refractivity contribution < 1.29 is 19.0 Å². The molecule has 0 unspecified atom stereocenters. The minimum Gasteiger partial charge on any atom is -0.497 e. The maximum atomic E-state index is 12.5. The average Bonchev–Trinajstić information content (AvgIpc) is 2.69. The summed E-state index contributed by atoms with van der Waals surface area (Å²) in [6.45, 7) is 0.199. The Labute approximate surface area is 180 Å². The molecule has 0 aliphatic rings. The summed E-state index contributed by atoms with van der Waals surface area (Å²) in [6.07, 6.45) is 1.48. The molecule has 0 radical (unpaired) electrons. The van der Waals surface area contributed by atoms with E-state index in [1.165, 1.54) is 20.3 Å². The fourth-order valence-corrected chi connectivity index (χ4v) is 3.90. The number of nitriles is 1. The Kier molecular flexibility index (Phi) is 7.91. The predicted molar refractivity (Wildman–Crippen MR) is 113 cm³/mol. The zero-order valence-electron chi connectivity index (χ0n) is 15.5. The number of nitrogens with one attached hydrogen (secondary N) is 1. The Bertz CT molecular complexity index is 952. The fraction of sp³-hybridized carbons (Fsp3) is 0.200. The summed E-state index contributed by atoms with van der Waals surface area (Å²) < 4.78 is 17.3. The zero-order valence-corrected chi connectivity index (χ0v) is 18.7. The van der Waals surface area contributed by atoms with Crippen molar-refractivity contribution in [3.05, 3.63) is 56.0 Å². The highest BCUT2D eigenvalue weighted by molar-refractivity contribution is 9.11. The first-order chi connectivity index (χ1) is 13.4. The number of hydrogen-bond acceptors (Lipinski definition) is 5. The molecule has 146 valence electrons. The maximum absolute atomic E-state index is 12.5. The molecule has 28 heavy (non-hydrogen) atoms. The normalized spacial score (nSPS) is 10.8. The van der Waals surface area contributed by atoms with Crippen molar-refractivity contribution in [2.24, 2.45) is 0 Å². The third-order valence-corrected chi connectivity index (χ3v) is 4.89. The molecule has 1 N–H and O–H groups in total. The summed E-state index contributed by atoms with van der Waals surface area (Å²) in [5.74, 6) is 1.26. The fourth-order valence-electron chi connectivity index (χ4n) is 2.48. The third kappa shape index (κ3) is 5.27. The zero-order chi connectivity index (χ0) is 20.7. The van der Waals surface area contributed by atoms with Gasteiger partial charge in [-0.2, -0.15) is 5.26 Å². The largest absolute Gasteiger partial charge is 0.497 e. The van der Waals surface area contributed by atoms with Gasteiger partial charge in [-0.25, -0.2) is 0 Å². The van der Waals surface area contributed by atoms with E-state index in [0.717, 1.165) is 10.0 Å². The third-order valence-electron chi connectivity index (χ3n) is 3.84. The van der Waals surface area contributed by atoms with E-state index in [-0.39, 0.29) is 12.1 Å². The van der Waals surface area contributed by atoms with E-state index in [1.54, 1.807) is 31.4 Å². The number of hydrogen-bond donors (Lipinski definition) is 1. The van der Waals surface area contributed by atoms with E-state index in [9.17, 15) is 10.1 Å². The molecular formula is C20H18Br2N2O4.